The third-order valence-corrected chi connectivity index (χ3v) is 3.21. The molecule has 0 saturated carbocycles. The summed E-state index contributed by atoms with van der Waals surface area (Å²) in [7, 11) is 0. The maximum absolute atomic E-state index is 5.89. The predicted molar refractivity (Wildman–Crippen MR) is 99.2 cm³/mol. The minimum atomic E-state index is 0.598. The molecule has 4 nitrogen and oxygen atoms in total. The molecule has 0 aliphatic carbocycles. The summed E-state index contributed by atoms with van der Waals surface area (Å²) in [5.41, 5.74) is 11.9. The van der Waals surface area contributed by atoms with Crippen molar-refractivity contribution in [3.63, 3.8) is 0 Å². The fourth-order valence-corrected chi connectivity index (χ4v) is 1.99. The Morgan fingerprint density at radius 1 is 0.958 bits per heavy atom. The zero-order valence-corrected chi connectivity index (χ0v) is 13.9. The van der Waals surface area contributed by atoms with Crippen LogP contribution in [0.4, 0.5) is 5.69 Å². The maximum Gasteiger partial charge on any atom is 0.127 e. The van der Waals surface area contributed by atoms with Crippen LogP contribution in [0.3, 0.4) is 0 Å². The molecule has 4 N–H and O–H groups in total. The Balaban J connectivity index is 2.02. The highest BCUT2D eigenvalue weighted by Gasteiger charge is 2.01. The molecule has 0 atom stereocenters. The Labute approximate surface area is 143 Å². The third kappa shape index (κ3) is 5.82. The lowest BCUT2D eigenvalue weighted by atomic mass is 10.3. The molecule has 0 aliphatic rings. The zero-order valence-electron chi connectivity index (χ0n) is 13.9. The standard InChI is InChI=1S/C20H24N2O2/c1-2-3-5-17(6-4-15-21)23-19-11-13-20(14-12-19)24-18-9-7-16(22)8-10-18/h3,5-14H,2,4,15,21-22H2,1H3/b5-3-,17-6+. The first kappa shape index (κ1) is 17.6. The van der Waals surface area contributed by atoms with Crippen molar-refractivity contribution in [1.29, 1.82) is 0 Å². The minimum Gasteiger partial charge on any atom is -0.458 e. The molecule has 0 unspecified atom stereocenters. The molecular weight excluding hydrogens is 300 g/mol. The van der Waals surface area contributed by atoms with Crippen molar-refractivity contribution in [2.45, 2.75) is 19.8 Å². The minimum absolute atomic E-state index is 0.598. The van der Waals surface area contributed by atoms with E-state index in [2.05, 4.69) is 13.0 Å². The highest BCUT2D eigenvalue weighted by atomic mass is 16.5. The fourth-order valence-electron chi connectivity index (χ4n) is 1.99. The highest BCUT2D eigenvalue weighted by Crippen LogP contribution is 2.25. The second-order valence-electron chi connectivity index (χ2n) is 5.24. The van der Waals surface area contributed by atoms with Crippen LogP contribution in [-0.2, 0) is 0 Å². The largest absolute Gasteiger partial charge is 0.458 e. The molecule has 0 fully saturated rings. The van der Waals surface area contributed by atoms with Gasteiger partial charge >= 0.3 is 0 Å². The lowest BCUT2D eigenvalue weighted by Crippen LogP contribution is -1.98. The second kappa shape index (κ2) is 9.43. The number of hydrogen-bond donors (Lipinski definition) is 2. The summed E-state index contributed by atoms with van der Waals surface area (Å²) in [5, 5.41) is 0. The molecule has 0 aromatic heterocycles. The topological polar surface area (TPSA) is 70.5 Å². The Kier molecular flexibility index (Phi) is 6.92. The van der Waals surface area contributed by atoms with Crippen LogP contribution < -0.4 is 20.9 Å². The first-order valence-corrected chi connectivity index (χ1v) is 8.09. The summed E-state index contributed by atoms with van der Waals surface area (Å²) < 4.78 is 11.7. The fraction of sp³-hybridized carbons (Fsp3) is 0.200. The SMILES string of the molecule is CC/C=C\C(=C/CCN)Oc1ccc(Oc2ccc(N)cc2)cc1. The molecule has 2 aromatic carbocycles. The van der Waals surface area contributed by atoms with Crippen LogP contribution in [0, 0.1) is 0 Å². The Hall–Kier alpha value is -2.72. The van der Waals surface area contributed by atoms with Gasteiger partial charge in [0.15, 0.2) is 0 Å². The van der Waals surface area contributed by atoms with Crippen LogP contribution in [0.5, 0.6) is 17.2 Å². The molecule has 24 heavy (non-hydrogen) atoms. The number of anilines is 1. The molecule has 0 spiro atoms. The highest BCUT2D eigenvalue weighted by molar-refractivity contribution is 5.43. The van der Waals surface area contributed by atoms with E-state index in [9.17, 15) is 0 Å². The van der Waals surface area contributed by atoms with Gasteiger partial charge in [0.2, 0.25) is 0 Å². The smallest absolute Gasteiger partial charge is 0.127 e. The van der Waals surface area contributed by atoms with Crippen molar-refractivity contribution in [2.75, 3.05) is 12.3 Å². The summed E-state index contributed by atoms with van der Waals surface area (Å²) in [6, 6.07) is 14.8. The molecule has 0 aliphatic heterocycles. The molecule has 0 radical (unpaired) electrons. The van der Waals surface area contributed by atoms with Crippen LogP contribution >= 0.6 is 0 Å². The van der Waals surface area contributed by atoms with Gasteiger partial charge in [-0.1, -0.05) is 13.0 Å². The van der Waals surface area contributed by atoms with Gasteiger partial charge in [-0.3, -0.25) is 0 Å². The van der Waals surface area contributed by atoms with Crippen molar-refractivity contribution in [1.82, 2.24) is 0 Å². The molecule has 0 saturated heterocycles. The van der Waals surface area contributed by atoms with Gasteiger partial charge in [0, 0.05) is 5.69 Å². The van der Waals surface area contributed by atoms with E-state index in [4.69, 9.17) is 20.9 Å². The molecular formula is C20H24N2O2. The number of nitrogens with two attached hydrogens (primary N) is 2. The van der Waals surface area contributed by atoms with Crippen LogP contribution in [0.1, 0.15) is 19.8 Å². The number of ether oxygens (including phenoxy) is 2. The van der Waals surface area contributed by atoms with Crippen LogP contribution in [0.2, 0.25) is 0 Å². The van der Waals surface area contributed by atoms with Gasteiger partial charge in [0.05, 0.1) is 0 Å². The van der Waals surface area contributed by atoms with Crippen molar-refractivity contribution in [3.05, 3.63) is 72.5 Å². The average molecular weight is 324 g/mol. The van der Waals surface area contributed by atoms with Crippen molar-refractivity contribution in [2.24, 2.45) is 5.73 Å². The molecule has 0 amide bonds. The first-order valence-electron chi connectivity index (χ1n) is 8.09. The Morgan fingerprint density at radius 3 is 2.12 bits per heavy atom. The molecule has 4 heteroatoms. The molecule has 0 heterocycles. The van der Waals surface area contributed by atoms with E-state index in [-0.39, 0.29) is 0 Å². The second-order valence-corrected chi connectivity index (χ2v) is 5.24. The monoisotopic (exact) mass is 324 g/mol. The predicted octanol–water partition coefficient (Wildman–Crippen LogP) is 4.64. The number of benzene rings is 2. The van der Waals surface area contributed by atoms with Gasteiger partial charge in [-0.2, -0.15) is 0 Å². The number of rotatable bonds is 8. The van der Waals surface area contributed by atoms with Gasteiger partial charge in [0.1, 0.15) is 23.0 Å². The van der Waals surface area contributed by atoms with E-state index < -0.39 is 0 Å². The summed E-state index contributed by atoms with van der Waals surface area (Å²) in [6.45, 7) is 2.68. The van der Waals surface area contributed by atoms with E-state index in [1.807, 2.05) is 48.6 Å². The molecule has 0 bridgehead atoms. The summed E-state index contributed by atoms with van der Waals surface area (Å²) in [6.07, 6.45) is 7.75. The van der Waals surface area contributed by atoms with Crippen molar-refractivity contribution < 1.29 is 9.47 Å². The average Bonchev–Trinajstić information content (AvgIpc) is 2.61. The normalized spacial score (nSPS) is 11.7. The van der Waals surface area contributed by atoms with E-state index in [1.54, 1.807) is 12.1 Å². The first-order chi connectivity index (χ1) is 11.7. The zero-order chi connectivity index (χ0) is 17.2. The van der Waals surface area contributed by atoms with E-state index >= 15 is 0 Å². The quantitative estimate of drug-likeness (QED) is 0.421. The number of hydrogen-bond acceptors (Lipinski definition) is 4. The lowest BCUT2D eigenvalue weighted by molar-refractivity contribution is 0.438. The van der Waals surface area contributed by atoms with Crippen LogP contribution in [0.15, 0.2) is 72.5 Å². The summed E-state index contributed by atoms with van der Waals surface area (Å²) in [5.74, 6) is 3.04. The van der Waals surface area contributed by atoms with Crippen molar-refractivity contribution >= 4 is 5.69 Å². The number of nitrogen functional groups attached to an aromatic ring is 1. The molecule has 126 valence electrons. The van der Waals surface area contributed by atoms with E-state index in [0.717, 1.165) is 35.8 Å². The maximum atomic E-state index is 5.89. The lowest BCUT2D eigenvalue weighted by Gasteiger charge is -2.09. The van der Waals surface area contributed by atoms with E-state index in [0.29, 0.717) is 12.2 Å². The van der Waals surface area contributed by atoms with Crippen molar-refractivity contribution in [3.8, 4) is 17.2 Å². The van der Waals surface area contributed by atoms with Gasteiger partial charge in [-0.25, -0.2) is 0 Å². The Bertz CT molecular complexity index is 674. The molecule has 2 rings (SSSR count). The van der Waals surface area contributed by atoms with E-state index in [1.165, 1.54) is 0 Å². The summed E-state index contributed by atoms with van der Waals surface area (Å²) >= 11 is 0. The van der Waals surface area contributed by atoms with Gasteiger partial charge in [-0.05, 0) is 80.1 Å². The van der Waals surface area contributed by atoms with Crippen LogP contribution in [0.25, 0.3) is 0 Å². The van der Waals surface area contributed by atoms with Gasteiger partial charge in [0.25, 0.3) is 0 Å². The van der Waals surface area contributed by atoms with Crippen LogP contribution in [-0.4, -0.2) is 6.54 Å². The third-order valence-electron chi connectivity index (χ3n) is 3.21. The molecule has 2 aromatic rings. The van der Waals surface area contributed by atoms with Gasteiger partial charge < -0.3 is 20.9 Å². The summed E-state index contributed by atoms with van der Waals surface area (Å²) in [4.78, 5) is 0. The van der Waals surface area contributed by atoms with Gasteiger partial charge in [-0.15, -0.1) is 0 Å². The number of allylic oxidation sites excluding steroid dienone is 2. The Morgan fingerprint density at radius 2 is 1.54 bits per heavy atom.